The summed E-state index contributed by atoms with van der Waals surface area (Å²) in [5.74, 6) is -0.116. The van der Waals surface area contributed by atoms with Crippen molar-refractivity contribution in [3.63, 3.8) is 0 Å². The Morgan fingerprint density at radius 2 is 1.89 bits per heavy atom. The third-order valence-electron chi connectivity index (χ3n) is 2.57. The molecule has 1 aromatic heterocycles. The summed E-state index contributed by atoms with van der Waals surface area (Å²) >= 11 is 5.81. The smallest absolute Gasteiger partial charge is 0.345 e. The lowest BCUT2D eigenvalue weighted by Crippen LogP contribution is -2.17. The lowest BCUT2D eigenvalue weighted by atomic mass is 10.1. The van der Waals surface area contributed by atoms with Gasteiger partial charge in [0.1, 0.15) is 5.76 Å². The monoisotopic (exact) mass is 278 g/mol. The summed E-state index contributed by atoms with van der Waals surface area (Å²) in [6.07, 6.45) is 0. The topological polar surface area (TPSA) is 56.5 Å². The van der Waals surface area contributed by atoms with E-state index in [0.717, 1.165) is 0 Å². The highest BCUT2D eigenvalue weighted by Gasteiger charge is 2.20. The zero-order valence-electron chi connectivity index (χ0n) is 10.4. The molecular weight excluding hydrogens is 268 g/mol. The molecule has 0 bridgehead atoms. The third-order valence-corrected chi connectivity index (χ3v) is 2.82. The molecular formula is C14H11ClO4. The molecule has 0 spiro atoms. The van der Waals surface area contributed by atoms with Crippen molar-refractivity contribution >= 4 is 17.6 Å². The fourth-order valence-corrected chi connectivity index (χ4v) is 1.84. The van der Waals surface area contributed by atoms with Crippen molar-refractivity contribution in [2.24, 2.45) is 0 Å². The Labute approximate surface area is 114 Å². The highest BCUT2D eigenvalue weighted by Crippen LogP contribution is 2.25. The van der Waals surface area contributed by atoms with Gasteiger partial charge in [0, 0.05) is 16.7 Å². The number of methoxy groups -OCH3 is 1. The number of esters is 1. The van der Waals surface area contributed by atoms with Gasteiger partial charge in [-0.2, -0.15) is 0 Å². The minimum Gasteiger partial charge on any atom is -0.465 e. The molecule has 0 aliphatic carbocycles. The quantitative estimate of drug-likeness (QED) is 0.792. The van der Waals surface area contributed by atoms with Crippen LogP contribution in [-0.2, 0) is 4.74 Å². The van der Waals surface area contributed by atoms with E-state index in [1.54, 1.807) is 31.2 Å². The van der Waals surface area contributed by atoms with Crippen molar-refractivity contribution in [3.8, 4) is 11.3 Å². The van der Waals surface area contributed by atoms with Gasteiger partial charge in [-0.3, -0.25) is 4.79 Å². The van der Waals surface area contributed by atoms with Gasteiger partial charge in [0.2, 0.25) is 0 Å². The highest BCUT2D eigenvalue weighted by atomic mass is 35.5. The summed E-state index contributed by atoms with van der Waals surface area (Å²) in [6, 6.07) is 7.91. The number of carbonyl (C=O) groups is 1. The number of halogens is 1. The Kier molecular flexibility index (Phi) is 3.71. The molecule has 2 aromatic rings. The Hall–Kier alpha value is -2.07. The van der Waals surface area contributed by atoms with Crippen LogP contribution in [0.5, 0.6) is 0 Å². The summed E-state index contributed by atoms with van der Waals surface area (Å²) in [5, 5.41) is 0.554. The summed E-state index contributed by atoms with van der Waals surface area (Å²) in [4.78, 5) is 23.6. The van der Waals surface area contributed by atoms with E-state index in [1.807, 2.05) is 0 Å². The first-order valence-electron chi connectivity index (χ1n) is 5.52. The predicted octanol–water partition coefficient (Wildman–Crippen LogP) is 3.06. The minimum atomic E-state index is -0.723. The van der Waals surface area contributed by atoms with Gasteiger partial charge < -0.3 is 9.15 Å². The largest absolute Gasteiger partial charge is 0.465 e. The van der Waals surface area contributed by atoms with Gasteiger partial charge in [-0.25, -0.2) is 4.79 Å². The van der Waals surface area contributed by atoms with Gasteiger partial charge in [0.25, 0.3) is 0 Å². The SMILES string of the molecule is COC(=O)c1c(-c2ccc(Cl)cc2)oc(C)cc1=O. The van der Waals surface area contributed by atoms with E-state index in [4.69, 9.17) is 16.0 Å². The van der Waals surface area contributed by atoms with Crippen LogP contribution in [0.4, 0.5) is 0 Å². The molecule has 19 heavy (non-hydrogen) atoms. The third kappa shape index (κ3) is 2.69. The fourth-order valence-electron chi connectivity index (χ4n) is 1.71. The lowest BCUT2D eigenvalue weighted by Gasteiger charge is -2.07. The molecule has 0 radical (unpaired) electrons. The lowest BCUT2D eigenvalue weighted by molar-refractivity contribution is 0.0597. The first-order chi connectivity index (χ1) is 9.02. The van der Waals surface area contributed by atoms with E-state index in [1.165, 1.54) is 13.2 Å². The van der Waals surface area contributed by atoms with Crippen LogP contribution >= 0.6 is 11.6 Å². The fraction of sp³-hybridized carbons (Fsp3) is 0.143. The van der Waals surface area contributed by atoms with Gasteiger partial charge in [-0.1, -0.05) is 11.6 Å². The second kappa shape index (κ2) is 5.28. The van der Waals surface area contributed by atoms with Crippen LogP contribution in [0.2, 0.25) is 5.02 Å². The molecule has 5 heteroatoms. The molecule has 1 aromatic carbocycles. The number of hydrogen-bond donors (Lipinski definition) is 0. The molecule has 0 saturated heterocycles. The van der Waals surface area contributed by atoms with E-state index in [0.29, 0.717) is 16.3 Å². The Balaban J connectivity index is 2.71. The molecule has 1 heterocycles. The number of benzene rings is 1. The van der Waals surface area contributed by atoms with E-state index in [-0.39, 0.29) is 11.3 Å². The normalized spacial score (nSPS) is 10.3. The summed E-state index contributed by atoms with van der Waals surface area (Å²) in [6.45, 7) is 1.64. The average Bonchev–Trinajstić information content (AvgIpc) is 2.38. The van der Waals surface area contributed by atoms with Gasteiger partial charge in [0.15, 0.2) is 16.8 Å². The van der Waals surface area contributed by atoms with Crippen LogP contribution in [0.3, 0.4) is 0 Å². The number of rotatable bonds is 2. The number of hydrogen-bond acceptors (Lipinski definition) is 4. The molecule has 2 rings (SSSR count). The van der Waals surface area contributed by atoms with Crippen molar-refractivity contribution in [2.45, 2.75) is 6.92 Å². The van der Waals surface area contributed by atoms with Gasteiger partial charge >= 0.3 is 5.97 Å². The van der Waals surface area contributed by atoms with Crippen LogP contribution in [-0.4, -0.2) is 13.1 Å². The second-order valence-electron chi connectivity index (χ2n) is 3.92. The first kappa shape index (κ1) is 13.4. The van der Waals surface area contributed by atoms with E-state index in [9.17, 15) is 9.59 Å². The van der Waals surface area contributed by atoms with Crippen LogP contribution in [0.15, 0.2) is 39.5 Å². The van der Waals surface area contributed by atoms with Crippen molar-refractivity contribution in [1.29, 1.82) is 0 Å². The van der Waals surface area contributed by atoms with Gasteiger partial charge in [-0.15, -0.1) is 0 Å². The molecule has 0 fully saturated rings. The van der Waals surface area contributed by atoms with Gasteiger partial charge in [0.05, 0.1) is 7.11 Å². The second-order valence-corrected chi connectivity index (χ2v) is 4.36. The summed E-state index contributed by atoms with van der Waals surface area (Å²) in [5.41, 5.74) is 0.0431. The van der Waals surface area contributed by atoms with E-state index >= 15 is 0 Å². The molecule has 0 saturated carbocycles. The van der Waals surface area contributed by atoms with Crippen molar-refractivity contribution < 1.29 is 13.9 Å². The molecule has 98 valence electrons. The van der Waals surface area contributed by atoms with E-state index in [2.05, 4.69) is 4.74 Å². The van der Waals surface area contributed by atoms with Crippen molar-refractivity contribution in [2.75, 3.05) is 7.11 Å². The van der Waals surface area contributed by atoms with Crippen LogP contribution in [0.25, 0.3) is 11.3 Å². The molecule has 0 N–H and O–H groups in total. The molecule has 0 amide bonds. The first-order valence-corrected chi connectivity index (χ1v) is 5.89. The molecule has 0 aliphatic heterocycles. The Morgan fingerprint density at radius 1 is 1.26 bits per heavy atom. The maximum absolute atomic E-state index is 11.9. The van der Waals surface area contributed by atoms with Crippen LogP contribution in [0, 0.1) is 6.92 Å². The predicted molar refractivity (Wildman–Crippen MR) is 71.5 cm³/mol. The van der Waals surface area contributed by atoms with Gasteiger partial charge in [-0.05, 0) is 31.2 Å². The molecule has 4 nitrogen and oxygen atoms in total. The Morgan fingerprint density at radius 3 is 2.47 bits per heavy atom. The van der Waals surface area contributed by atoms with Crippen molar-refractivity contribution in [1.82, 2.24) is 0 Å². The highest BCUT2D eigenvalue weighted by molar-refractivity contribution is 6.30. The van der Waals surface area contributed by atoms with Crippen molar-refractivity contribution in [3.05, 3.63) is 56.9 Å². The minimum absolute atomic E-state index is 0.115. The zero-order valence-corrected chi connectivity index (χ0v) is 11.2. The maximum Gasteiger partial charge on any atom is 0.345 e. The average molecular weight is 279 g/mol. The number of carbonyl (C=O) groups excluding carboxylic acids is 1. The maximum atomic E-state index is 11.9. The Bertz CT molecular complexity index is 671. The summed E-state index contributed by atoms with van der Waals surface area (Å²) in [7, 11) is 1.22. The van der Waals surface area contributed by atoms with Crippen LogP contribution in [0.1, 0.15) is 16.1 Å². The number of ether oxygens (including phenoxy) is 1. The van der Waals surface area contributed by atoms with E-state index < -0.39 is 11.4 Å². The molecule has 0 unspecified atom stereocenters. The molecule has 0 atom stereocenters. The summed E-state index contributed by atoms with van der Waals surface area (Å²) < 4.78 is 10.1. The zero-order chi connectivity index (χ0) is 14.0. The standard InChI is InChI=1S/C14H11ClO4/c1-8-7-11(16)12(14(17)18-2)13(19-8)9-3-5-10(15)6-4-9/h3-7H,1-2H3. The van der Waals surface area contributed by atoms with Crippen LogP contribution < -0.4 is 5.43 Å². The number of aryl methyl sites for hydroxylation is 1. The molecule has 0 aliphatic rings.